The molecule has 1 aliphatic rings. The molecular formula is C29H37N7O4. The molecule has 0 saturated heterocycles. The number of carbonyl (C=O) groups is 3. The lowest BCUT2D eigenvalue weighted by Crippen LogP contribution is -2.60. The van der Waals surface area contributed by atoms with Crippen molar-refractivity contribution in [2.45, 2.75) is 64.0 Å². The molecule has 1 saturated carbocycles. The van der Waals surface area contributed by atoms with Crippen molar-refractivity contribution in [3.63, 3.8) is 0 Å². The molecule has 3 aromatic rings. The van der Waals surface area contributed by atoms with E-state index in [1.54, 1.807) is 24.3 Å². The number of amides is 2. The van der Waals surface area contributed by atoms with Gasteiger partial charge in [-0.25, -0.2) is 4.79 Å². The zero-order valence-electron chi connectivity index (χ0n) is 23.1. The summed E-state index contributed by atoms with van der Waals surface area (Å²) in [6.45, 7) is 5.94. The van der Waals surface area contributed by atoms with Crippen molar-refractivity contribution < 1.29 is 19.1 Å². The van der Waals surface area contributed by atoms with E-state index in [0.29, 0.717) is 30.9 Å². The van der Waals surface area contributed by atoms with Crippen LogP contribution in [0, 0.1) is 11.8 Å². The van der Waals surface area contributed by atoms with Crippen molar-refractivity contribution in [2.24, 2.45) is 17.6 Å². The molecule has 1 aliphatic carbocycles. The van der Waals surface area contributed by atoms with Crippen molar-refractivity contribution in [3.8, 4) is 11.4 Å². The maximum Gasteiger partial charge on any atom is 0.407 e. The summed E-state index contributed by atoms with van der Waals surface area (Å²) < 4.78 is 5.33. The van der Waals surface area contributed by atoms with E-state index in [1.807, 2.05) is 51.1 Å². The van der Waals surface area contributed by atoms with Crippen LogP contribution >= 0.6 is 0 Å². The molecule has 0 unspecified atom stereocenters. The van der Waals surface area contributed by atoms with Gasteiger partial charge < -0.3 is 21.1 Å². The third kappa shape index (κ3) is 7.22. The molecule has 2 amide bonds. The molecule has 40 heavy (non-hydrogen) atoms. The topological polar surface area (TPSA) is 165 Å². The van der Waals surface area contributed by atoms with E-state index in [-0.39, 0.29) is 24.0 Å². The smallest absolute Gasteiger partial charge is 0.407 e. The first kappa shape index (κ1) is 28.7. The molecule has 11 nitrogen and oxygen atoms in total. The van der Waals surface area contributed by atoms with Crippen LogP contribution in [-0.4, -0.2) is 56.1 Å². The van der Waals surface area contributed by atoms with Gasteiger partial charge in [-0.3, -0.25) is 9.59 Å². The van der Waals surface area contributed by atoms with Gasteiger partial charge in [0.1, 0.15) is 5.60 Å². The normalized spacial score (nSPS) is 18.8. The van der Waals surface area contributed by atoms with Gasteiger partial charge in [-0.1, -0.05) is 30.3 Å². The summed E-state index contributed by atoms with van der Waals surface area (Å²) in [5.41, 5.74) is 5.95. The molecule has 0 radical (unpaired) electrons. The monoisotopic (exact) mass is 547 g/mol. The second-order valence-electron chi connectivity index (χ2n) is 11.3. The summed E-state index contributed by atoms with van der Waals surface area (Å²) >= 11 is 0. The number of H-pyrrole nitrogens is 1. The first-order chi connectivity index (χ1) is 19.1. The molecule has 1 aromatic heterocycles. The number of primary amides is 1. The number of rotatable bonds is 10. The van der Waals surface area contributed by atoms with Gasteiger partial charge in [-0.15, -0.1) is 10.2 Å². The lowest BCUT2D eigenvalue weighted by molar-refractivity contribution is -0.136. The molecule has 1 heterocycles. The first-order valence-electron chi connectivity index (χ1n) is 13.5. The zero-order chi connectivity index (χ0) is 28.8. The molecule has 1 atom stereocenters. The van der Waals surface area contributed by atoms with Crippen LogP contribution in [0.4, 0.5) is 10.5 Å². The number of ether oxygens (including phenoxy) is 1. The average molecular weight is 548 g/mol. The molecule has 0 aliphatic heterocycles. The SMILES string of the molecule is CC(C)(C)OC(=O)NC[C@H]1CC[C@H](C(=O)[C@@](Cc2ccccc2)(Nc2ccc(-c3nn[nH]n3)cc2)C(N)=O)CC1. The maximum absolute atomic E-state index is 14.2. The summed E-state index contributed by atoms with van der Waals surface area (Å²) in [4.78, 5) is 39.4. The lowest BCUT2D eigenvalue weighted by Gasteiger charge is -2.37. The Hall–Kier alpha value is -4.28. The number of nitrogens with zero attached hydrogens (tertiary/aromatic N) is 3. The highest BCUT2D eigenvalue weighted by molar-refractivity contribution is 6.13. The predicted molar refractivity (Wildman–Crippen MR) is 150 cm³/mol. The second kappa shape index (κ2) is 12.3. The van der Waals surface area contributed by atoms with Gasteiger partial charge >= 0.3 is 6.09 Å². The number of hydrogen-bond acceptors (Lipinski definition) is 8. The predicted octanol–water partition coefficient (Wildman–Crippen LogP) is 3.65. The summed E-state index contributed by atoms with van der Waals surface area (Å²) in [5.74, 6) is -0.632. The molecule has 11 heteroatoms. The van der Waals surface area contributed by atoms with Crippen LogP contribution in [0.5, 0.6) is 0 Å². The molecule has 0 spiro atoms. The number of carbonyl (C=O) groups excluding carboxylic acids is 3. The summed E-state index contributed by atoms with van der Waals surface area (Å²) in [5, 5.41) is 20.0. The Kier molecular flexibility index (Phi) is 8.81. The Labute approximate surface area is 233 Å². The molecule has 5 N–H and O–H groups in total. The number of tetrazole rings is 1. The number of benzene rings is 2. The Bertz CT molecular complexity index is 1280. The highest BCUT2D eigenvalue weighted by Crippen LogP contribution is 2.34. The number of alkyl carbamates (subject to hydrolysis) is 1. The standard InChI is InChI=1S/C29H37N7O4/c1-28(2,3)40-27(39)31-18-20-9-11-21(12-10-20)24(37)29(26(30)38,17-19-7-5-4-6-8-19)32-23-15-13-22(14-16-23)25-33-35-36-34-25/h4-8,13-16,20-21,32H,9-12,17-18H2,1-3H3,(H2,30,38)(H,31,39)(H,33,34,35,36)/t20-,21-,29-/m1/s1. The fourth-order valence-corrected chi connectivity index (χ4v) is 5.12. The van der Waals surface area contributed by atoms with Crippen LogP contribution < -0.4 is 16.4 Å². The van der Waals surface area contributed by atoms with Crippen LogP contribution in [0.2, 0.25) is 0 Å². The van der Waals surface area contributed by atoms with Crippen LogP contribution in [0.15, 0.2) is 54.6 Å². The first-order valence-corrected chi connectivity index (χ1v) is 13.5. The molecule has 2 aromatic carbocycles. The van der Waals surface area contributed by atoms with Crippen molar-refractivity contribution >= 4 is 23.5 Å². The average Bonchev–Trinajstić information content (AvgIpc) is 3.46. The number of aromatic amines is 1. The molecule has 0 bridgehead atoms. The van der Waals surface area contributed by atoms with Crippen LogP contribution in [-0.2, 0) is 20.7 Å². The molecular weight excluding hydrogens is 510 g/mol. The van der Waals surface area contributed by atoms with Crippen molar-refractivity contribution in [2.75, 3.05) is 11.9 Å². The quantitative estimate of drug-likeness (QED) is 0.279. The van der Waals surface area contributed by atoms with E-state index in [4.69, 9.17) is 10.5 Å². The van der Waals surface area contributed by atoms with Gasteiger partial charge in [-0.05, 0) is 87.4 Å². The number of aromatic nitrogens is 4. The fraction of sp³-hybridized carbons (Fsp3) is 0.448. The van der Waals surface area contributed by atoms with Crippen molar-refractivity contribution in [1.29, 1.82) is 0 Å². The van der Waals surface area contributed by atoms with E-state index in [0.717, 1.165) is 24.0 Å². The Balaban J connectivity index is 1.50. The highest BCUT2D eigenvalue weighted by atomic mass is 16.6. The zero-order valence-corrected chi connectivity index (χ0v) is 23.1. The van der Waals surface area contributed by atoms with Gasteiger partial charge in [0.15, 0.2) is 11.3 Å². The minimum absolute atomic E-state index is 0.120. The van der Waals surface area contributed by atoms with Crippen LogP contribution in [0.1, 0.15) is 52.0 Å². The minimum Gasteiger partial charge on any atom is -0.444 e. The van der Waals surface area contributed by atoms with Crippen molar-refractivity contribution in [3.05, 3.63) is 60.2 Å². The van der Waals surface area contributed by atoms with Crippen LogP contribution in [0.3, 0.4) is 0 Å². The van der Waals surface area contributed by atoms with E-state index in [9.17, 15) is 14.4 Å². The number of anilines is 1. The van der Waals surface area contributed by atoms with Crippen molar-refractivity contribution in [1.82, 2.24) is 25.9 Å². The third-order valence-electron chi connectivity index (χ3n) is 7.15. The molecule has 1 fully saturated rings. The fourth-order valence-electron chi connectivity index (χ4n) is 5.12. The van der Waals surface area contributed by atoms with Gasteiger partial charge in [0.05, 0.1) is 0 Å². The largest absolute Gasteiger partial charge is 0.444 e. The minimum atomic E-state index is -1.64. The summed E-state index contributed by atoms with van der Waals surface area (Å²) in [6.07, 6.45) is 2.35. The van der Waals surface area contributed by atoms with E-state index in [2.05, 4.69) is 31.3 Å². The number of nitrogens with one attached hydrogen (secondary N) is 3. The Morgan fingerprint density at radius 3 is 2.25 bits per heavy atom. The van der Waals surface area contributed by atoms with Gasteiger partial charge in [-0.2, -0.15) is 5.21 Å². The van der Waals surface area contributed by atoms with Gasteiger partial charge in [0.25, 0.3) is 5.91 Å². The van der Waals surface area contributed by atoms with Crippen LogP contribution in [0.25, 0.3) is 11.4 Å². The molecule has 4 rings (SSSR count). The highest BCUT2D eigenvalue weighted by Gasteiger charge is 2.48. The Morgan fingerprint density at radius 2 is 1.68 bits per heavy atom. The number of hydrogen-bond donors (Lipinski definition) is 4. The summed E-state index contributed by atoms with van der Waals surface area (Å²) in [7, 11) is 0. The Morgan fingerprint density at radius 1 is 1.00 bits per heavy atom. The van der Waals surface area contributed by atoms with E-state index in [1.165, 1.54) is 0 Å². The number of nitrogens with two attached hydrogens (primary N) is 1. The summed E-state index contributed by atoms with van der Waals surface area (Å²) in [6, 6.07) is 16.5. The third-order valence-corrected chi connectivity index (χ3v) is 7.15. The van der Waals surface area contributed by atoms with Gasteiger partial charge in [0, 0.05) is 30.1 Å². The lowest BCUT2D eigenvalue weighted by atomic mass is 9.72. The second-order valence-corrected chi connectivity index (χ2v) is 11.3. The number of Topliss-reactive ketones (excluding diaryl/α,β-unsaturated/α-hetero) is 1. The maximum atomic E-state index is 14.2. The number of ketones is 1. The molecule has 212 valence electrons. The van der Waals surface area contributed by atoms with E-state index < -0.39 is 23.1 Å². The van der Waals surface area contributed by atoms with E-state index >= 15 is 0 Å². The van der Waals surface area contributed by atoms with Gasteiger partial charge in [0.2, 0.25) is 5.82 Å².